The molecule has 3 rings (SSSR count). The number of amides is 1. The quantitative estimate of drug-likeness (QED) is 0.939. The Bertz CT molecular complexity index is 704. The highest BCUT2D eigenvalue weighted by Crippen LogP contribution is 2.19. The summed E-state index contributed by atoms with van der Waals surface area (Å²) in [5, 5.41) is 6.58. The average Bonchev–Trinajstić information content (AvgIpc) is 3.04. The van der Waals surface area contributed by atoms with Crippen molar-refractivity contribution in [3.8, 4) is 0 Å². The topological polar surface area (TPSA) is 63.6 Å². The van der Waals surface area contributed by atoms with Gasteiger partial charge in [0, 0.05) is 30.9 Å². The van der Waals surface area contributed by atoms with Crippen molar-refractivity contribution in [2.45, 2.75) is 19.1 Å². The van der Waals surface area contributed by atoms with Crippen molar-refractivity contribution in [2.75, 3.05) is 0 Å². The van der Waals surface area contributed by atoms with Gasteiger partial charge in [0.05, 0.1) is 5.71 Å². The van der Waals surface area contributed by atoms with E-state index in [1.807, 2.05) is 6.07 Å². The molecule has 1 N–H and O–H groups in total. The third-order valence-corrected chi connectivity index (χ3v) is 3.34. The van der Waals surface area contributed by atoms with E-state index < -0.39 is 6.10 Å². The summed E-state index contributed by atoms with van der Waals surface area (Å²) in [6.45, 7) is 0.363. The maximum Gasteiger partial charge on any atom is 0.264 e. The molecule has 0 spiro atoms. The molecule has 0 radical (unpaired) electrons. The minimum absolute atomic E-state index is 0.250. The number of hydrogen-bond acceptors (Lipinski definition) is 4. The van der Waals surface area contributed by atoms with E-state index in [9.17, 15) is 9.18 Å². The summed E-state index contributed by atoms with van der Waals surface area (Å²) < 4.78 is 13.7. The third-order valence-electron chi connectivity index (χ3n) is 3.34. The van der Waals surface area contributed by atoms with Gasteiger partial charge in [0.15, 0.2) is 0 Å². The van der Waals surface area contributed by atoms with Gasteiger partial charge in [-0.1, -0.05) is 29.4 Å². The molecule has 22 heavy (non-hydrogen) atoms. The molecule has 6 heteroatoms. The summed E-state index contributed by atoms with van der Waals surface area (Å²) in [6.07, 6.45) is 2.86. The van der Waals surface area contributed by atoms with E-state index in [2.05, 4.69) is 15.5 Å². The van der Waals surface area contributed by atoms with Crippen LogP contribution in [0.2, 0.25) is 0 Å². The molecule has 0 saturated carbocycles. The Kier molecular flexibility index (Phi) is 4.09. The van der Waals surface area contributed by atoms with Crippen LogP contribution >= 0.6 is 0 Å². The van der Waals surface area contributed by atoms with Crippen LogP contribution in [0.3, 0.4) is 0 Å². The first-order valence-corrected chi connectivity index (χ1v) is 6.88. The van der Waals surface area contributed by atoms with Gasteiger partial charge < -0.3 is 10.2 Å². The van der Waals surface area contributed by atoms with E-state index in [4.69, 9.17) is 4.84 Å². The van der Waals surface area contributed by atoms with Crippen LogP contribution in [0.1, 0.15) is 17.5 Å². The number of halogens is 1. The molecular formula is C16H14FN3O2. The molecule has 1 aliphatic heterocycles. The molecule has 1 aromatic heterocycles. The number of aromatic nitrogens is 1. The van der Waals surface area contributed by atoms with Gasteiger partial charge >= 0.3 is 0 Å². The van der Waals surface area contributed by atoms with Gasteiger partial charge in [0.1, 0.15) is 5.82 Å². The normalized spacial score (nSPS) is 16.8. The van der Waals surface area contributed by atoms with Crippen LogP contribution in [0.15, 0.2) is 53.9 Å². The van der Waals surface area contributed by atoms with Crippen LogP contribution in [0.4, 0.5) is 4.39 Å². The molecule has 1 aromatic carbocycles. The molecule has 0 aliphatic carbocycles. The van der Waals surface area contributed by atoms with E-state index in [1.165, 1.54) is 6.07 Å². The van der Waals surface area contributed by atoms with Crippen molar-refractivity contribution >= 4 is 11.6 Å². The minimum atomic E-state index is -0.730. The van der Waals surface area contributed by atoms with Crippen LogP contribution in [-0.2, 0) is 16.2 Å². The Hall–Kier alpha value is -2.76. The highest BCUT2D eigenvalue weighted by Gasteiger charge is 2.29. The lowest BCUT2D eigenvalue weighted by atomic mass is 10.0. The summed E-state index contributed by atoms with van der Waals surface area (Å²) >= 11 is 0. The van der Waals surface area contributed by atoms with Gasteiger partial charge in [-0.2, -0.15) is 0 Å². The van der Waals surface area contributed by atoms with Crippen molar-refractivity contribution in [1.29, 1.82) is 0 Å². The number of hydrogen-bond donors (Lipinski definition) is 1. The number of rotatable bonds is 4. The average molecular weight is 299 g/mol. The van der Waals surface area contributed by atoms with Crippen molar-refractivity contribution in [1.82, 2.24) is 10.3 Å². The van der Waals surface area contributed by atoms with Crippen molar-refractivity contribution < 1.29 is 14.0 Å². The molecule has 2 aromatic rings. The second-order valence-electron chi connectivity index (χ2n) is 4.90. The van der Waals surface area contributed by atoms with Gasteiger partial charge in [-0.05, 0) is 17.7 Å². The Labute approximate surface area is 126 Å². The van der Waals surface area contributed by atoms with Crippen molar-refractivity contribution in [2.24, 2.45) is 5.16 Å². The largest absolute Gasteiger partial charge is 0.382 e. The van der Waals surface area contributed by atoms with E-state index in [0.717, 1.165) is 5.56 Å². The number of pyridine rings is 1. The maximum absolute atomic E-state index is 13.7. The van der Waals surface area contributed by atoms with E-state index in [-0.39, 0.29) is 18.1 Å². The Morgan fingerprint density at radius 2 is 2.18 bits per heavy atom. The fraction of sp³-hybridized carbons (Fsp3) is 0.188. The van der Waals surface area contributed by atoms with E-state index in [0.29, 0.717) is 17.8 Å². The van der Waals surface area contributed by atoms with Crippen LogP contribution in [-0.4, -0.2) is 22.7 Å². The third kappa shape index (κ3) is 3.11. The summed E-state index contributed by atoms with van der Waals surface area (Å²) in [4.78, 5) is 21.2. The van der Waals surface area contributed by atoms with Gasteiger partial charge in [0.2, 0.25) is 6.10 Å². The zero-order valence-electron chi connectivity index (χ0n) is 11.7. The first-order valence-electron chi connectivity index (χ1n) is 6.88. The lowest BCUT2D eigenvalue weighted by Gasteiger charge is -2.09. The van der Waals surface area contributed by atoms with Gasteiger partial charge in [-0.25, -0.2) is 4.39 Å². The highest BCUT2D eigenvalue weighted by atomic mass is 19.1. The summed E-state index contributed by atoms with van der Waals surface area (Å²) in [5.74, 6) is -0.653. The number of carbonyl (C=O) groups excluding carboxylic acids is 1. The molecule has 0 fully saturated rings. The molecule has 1 aliphatic rings. The first-order chi connectivity index (χ1) is 10.7. The zero-order valence-corrected chi connectivity index (χ0v) is 11.7. The first kappa shape index (κ1) is 14.2. The lowest BCUT2D eigenvalue weighted by Crippen LogP contribution is -2.34. The minimum Gasteiger partial charge on any atom is -0.382 e. The van der Waals surface area contributed by atoms with Gasteiger partial charge in [-0.3, -0.25) is 9.78 Å². The number of oxime groups is 1. The predicted octanol–water partition coefficient (Wildman–Crippen LogP) is 2.03. The molecule has 0 bridgehead atoms. The standard InChI is InChI=1S/C16H14FN3O2/c17-13-6-2-1-5-12(13)14-8-15(22-20-14)16(21)19-10-11-4-3-7-18-9-11/h1-7,9,15H,8,10H2,(H,19,21)/t15-/m1/s1. The second-order valence-corrected chi connectivity index (χ2v) is 4.90. The molecule has 0 unspecified atom stereocenters. The van der Waals surface area contributed by atoms with E-state index in [1.54, 1.807) is 36.7 Å². The Morgan fingerprint density at radius 1 is 1.32 bits per heavy atom. The van der Waals surface area contributed by atoms with Gasteiger partial charge in [-0.15, -0.1) is 0 Å². The smallest absolute Gasteiger partial charge is 0.264 e. The fourth-order valence-electron chi connectivity index (χ4n) is 2.18. The highest BCUT2D eigenvalue weighted by molar-refractivity contribution is 6.04. The summed E-state index contributed by atoms with van der Waals surface area (Å²) in [6, 6.07) is 9.96. The SMILES string of the molecule is O=C(NCc1cccnc1)[C@H]1CC(c2ccccc2F)=NO1. The molecule has 2 heterocycles. The predicted molar refractivity (Wildman–Crippen MR) is 78.5 cm³/mol. The summed E-state index contributed by atoms with van der Waals surface area (Å²) in [7, 11) is 0. The van der Waals surface area contributed by atoms with Crippen molar-refractivity contribution in [3.63, 3.8) is 0 Å². The molecule has 1 atom stereocenters. The number of carbonyl (C=O) groups is 1. The fourth-order valence-corrected chi connectivity index (χ4v) is 2.18. The number of nitrogens with zero attached hydrogens (tertiary/aromatic N) is 2. The Morgan fingerprint density at radius 3 is 2.95 bits per heavy atom. The number of nitrogens with one attached hydrogen (secondary N) is 1. The van der Waals surface area contributed by atoms with E-state index >= 15 is 0 Å². The lowest BCUT2D eigenvalue weighted by molar-refractivity contribution is -0.131. The maximum atomic E-state index is 13.7. The van der Waals surface area contributed by atoms with Gasteiger partial charge in [0.25, 0.3) is 5.91 Å². The molecule has 112 valence electrons. The summed E-state index contributed by atoms with van der Waals surface area (Å²) in [5.41, 5.74) is 1.70. The van der Waals surface area contributed by atoms with Crippen molar-refractivity contribution in [3.05, 3.63) is 65.7 Å². The van der Waals surface area contributed by atoms with Crippen LogP contribution in [0.25, 0.3) is 0 Å². The van der Waals surface area contributed by atoms with Crippen LogP contribution < -0.4 is 5.32 Å². The Balaban J connectivity index is 1.57. The molecule has 5 nitrogen and oxygen atoms in total. The zero-order chi connectivity index (χ0) is 15.4. The molecular weight excluding hydrogens is 285 g/mol. The van der Waals surface area contributed by atoms with Crippen LogP contribution in [0.5, 0.6) is 0 Å². The molecule has 0 saturated heterocycles. The second kappa shape index (κ2) is 6.34. The molecule has 1 amide bonds. The number of benzene rings is 1. The monoisotopic (exact) mass is 299 g/mol. The van der Waals surface area contributed by atoms with Crippen LogP contribution in [0, 0.1) is 5.82 Å².